The van der Waals surface area contributed by atoms with Gasteiger partial charge in [-0.05, 0) is 17.7 Å². The van der Waals surface area contributed by atoms with Crippen molar-refractivity contribution in [2.75, 3.05) is 13.7 Å². The molecule has 0 heterocycles. The van der Waals surface area contributed by atoms with Crippen LogP contribution < -0.4 is 4.43 Å². The molecule has 0 amide bonds. The molecule has 1 atom stereocenters. The van der Waals surface area contributed by atoms with Crippen LogP contribution >= 0.6 is 0 Å². The normalized spacial score (nSPS) is 12.1. The van der Waals surface area contributed by atoms with Gasteiger partial charge >= 0.3 is 9.76 Å². The fourth-order valence-electron chi connectivity index (χ4n) is 1.29. The molecule has 2 nitrogen and oxygen atoms in total. The quantitative estimate of drug-likeness (QED) is 0.675. The van der Waals surface area contributed by atoms with E-state index in [-0.39, 0.29) is 0 Å². The van der Waals surface area contributed by atoms with E-state index in [0.717, 1.165) is 24.3 Å². The summed E-state index contributed by atoms with van der Waals surface area (Å²) >= 11 is 0. The lowest BCUT2D eigenvalue weighted by Gasteiger charge is -2.13. The van der Waals surface area contributed by atoms with Crippen LogP contribution in [0.5, 0.6) is 5.75 Å². The smallest absolute Gasteiger partial charge is 0.316 e. The van der Waals surface area contributed by atoms with Crippen LogP contribution in [0.15, 0.2) is 30.8 Å². The third kappa shape index (κ3) is 4.21. The molecule has 0 aromatic heterocycles. The number of hydrogen-bond donors (Lipinski definition) is 0. The molecule has 3 heteroatoms. The zero-order valence-electron chi connectivity index (χ0n) is 9.90. The number of hydrogen-bond acceptors (Lipinski definition) is 2. The molecule has 1 aromatic carbocycles. The molecule has 1 aromatic rings. The molecule has 16 heavy (non-hydrogen) atoms. The predicted octanol–water partition coefficient (Wildman–Crippen LogP) is 3.17. The number of methoxy groups -OCH3 is 1. The SMILES string of the molecule is C=Cc1cccc(O[Si]C(CC)COC)c1. The van der Waals surface area contributed by atoms with E-state index >= 15 is 0 Å². The molecular formula is C13H18O2Si. The van der Waals surface area contributed by atoms with Crippen molar-refractivity contribution in [1.82, 2.24) is 0 Å². The second-order valence-electron chi connectivity index (χ2n) is 3.56. The molecule has 0 spiro atoms. The molecule has 0 saturated heterocycles. The first-order valence-corrected chi connectivity index (χ1v) is 6.42. The third-order valence-corrected chi connectivity index (χ3v) is 3.56. The fraction of sp³-hybridized carbons (Fsp3) is 0.385. The minimum Gasteiger partial charge on any atom is -0.540 e. The highest BCUT2D eigenvalue weighted by atomic mass is 28.2. The summed E-state index contributed by atoms with van der Waals surface area (Å²) in [6.45, 7) is 6.65. The minimum absolute atomic E-state index is 0.446. The van der Waals surface area contributed by atoms with E-state index in [4.69, 9.17) is 9.16 Å². The molecule has 0 N–H and O–H groups in total. The van der Waals surface area contributed by atoms with Crippen LogP contribution in [0.3, 0.4) is 0 Å². The lowest BCUT2D eigenvalue weighted by Crippen LogP contribution is -2.15. The standard InChI is InChI=1S/C13H18O2Si/c1-4-11-7-6-8-12(9-11)15-16-13(5-2)10-14-3/h4,6-9,13H,1,5,10H2,2-3H3. The van der Waals surface area contributed by atoms with Crippen molar-refractivity contribution in [2.24, 2.45) is 0 Å². The Kier molecular flexibility index (Phi) is 5.89. The fourth-order valence-corrected chi connectivity index (χ4v) is 2.12. The Morgan fingerprint density at radius 1 is 1.50 bits per heavy atom. The Labute approximate surface area is 100 Å². The van der Waals surface area contributed by atoms with Gasteiger partial charge in [0.15, 0.2) is 0 Å². The van der Waals surface area contributed by atoms with Crippen molar-refractivity contribution in [3.63, 3.8) is 0 Å². The maximum absolute atomic E-state index is 5.75. The second-order valence-corrected chi connectivity index (χ2v) is 4.81. The van der Waals surface area contributed by atoms with Crippen molar-refractivity contribution in [1.29, 1.82) is 0 Å². The van der Waals surface area contributed by atoms with E-state index in [1.807, 2.05) is 30.3 Å². The third-order valence-electron chi connectivity index (χ3n) is 2.30. The Hall–Kier alpha value is -1.06. The van der Waals surface area contributed by atoms with Crippen LogP contribution in [0.4, 0.5) is 0 Å². The Morgan fingerprint density at radius 2 is 2.31 bits per heavy atom. The van der Waals surface area contributed by atoms with Gasteiger partial charge in [0.25, 0.3) is 0 Å². The largest absolute Gasteiger partial charge is 0.540 e. The molecule has 86 valence electrons. The molecule has 0 aliphatic heterocycles. The van der Waals surface area contributed by atoms with E-state index in [1.165, 1.54) is 0 Å². The summed E-state index contributed by atoms with van der Waals surface area (Å²) in [7, 11) is 2.17. The first-order chi connectivity index (χ1) is 7.80. The van der Waals surface area contributed by atoms with E-state index in [2.05, 4.69) is 13.5 Å². The van der Waals surface area contributed by atoms with Gasteiger partial charge in [0, 0.05) is 19.3 Å². The van der Waals surface area contributed by atoms with Crippen molar-refractivity contribution >= 4 is 15.8 Å². The van der Waals surface area contributed by atoms with Gasteiger partial charge in [-0.1, -0.05) is 38.1 Å². The highest BCUT2D eigenvalue weighted by Gasteiger charge is 2.10. The van der Waals surface area contributed by atoms with Gasteiger partial charge in [0.05, 0.1) is 0 Å². The maximum Gasteiger partial charge on any atom is 0.316 e. The monoisotopic (exact) mass is 234 g/mol. The van der Waals surface area contributed by atoms with E-state index in [0.29, 0.717) is 15.3 Å². The number of rotatable bonds is 7. The van der Waals surface area contributed by atoms with Crippen LogP contribution in [0.25, 0.3) is 6.08 Å². The number of ether oxygens (including phenoxy) is 1. The summed E-state index contributed by atoms with van der Waals surface area (Å²) in [5.41, 5.74) is 1.57. The molecular weight excluding hydrogens is 216 g/mol. The molecule has 1 unspecified atom stereocenters. The second kappa shape index (κ2) is 7.25. The Morgan fingerprint density at radius 3 is 2.94 bits per heavy atom. The van der Waals surface area contributed by atoms with Crippen molar-refractivity contribution < 1.29 is 9.16 Å². The highest BCUT2D eigenvalue weighted by molar-refractivity contribution is 6.30. The average molecular weight is 234 g/mol. The van der Waals surface area contributed by atoms with E-state index in [1.54, 1.807) is 7.11 Å². The molecule has 2 radical (unpaired) electrons. The van der Waals surface area contributed by atoms with Crippen molar-refractivity contribution in [3.05, 3.63) is 36.4 Å². The first kappa shape index (κ1) is 13.0. The summed E-state index contributed by atoms with van der Waals surface area (Å²) in [6.07, 6.45) is 2.90. The van der Waals surface area contributed by atoms with E-state index in [9.17, 15) is 0 Å². The van der Waals surface area contributed by atoms with Gasteiger partial charge in [0.1, 0.15) is 5.75 Å². The molecule has 0 fully saturated rings. The summed E-state index contributed by atoms with van der Waals surface area (Å²) in [5, 5.41) is 0. The molecule has 0 bridgehead atoms. The molecule has 0 aliphatic carbocycles. The molecule has 0 aliphatic rings. The van der Waals surface area contributed by atoms with Gasteiger partial charge in [-0.2, -0.15) is 0 Å². The van der Waals surface area contributed by atoms with Crippen LogP contribution in [0.2, 0.25) is 5.54 Å². The van der Waals surface area contributed by atoms with Gasteiger partial charge in [-0.15, -0.1) is 0 Å². The highest BCUT2D eigenvalue weighted by Crippen LogP contribution is 2.16. The molecule has 0 saturated carbocycles. The van der Waals surface area contributed by atoms with Crippen molar-refractivity contribution in [2.45, 2.75) is 18.9 Å². The average Bonchev–Trinajstić information content (AvgIpc) is 2.34. The summed E-state index contributed by atoms with van der Waals surface area (Å²) in [4.78, 5) is 0. The van der Waals surface area contributed by atoms with Gasteiger partial charge in [-0.3, -0.25) is 0 Å². The van der Waals surface area contributed by atoms with Gasteiger partial charge in [0.2, 0.25) is 0 Å². The number of benzene rings is 1. The van der Waals surface area contributed by atoms with Crippen LogP contribution in [-0.4, -0.2) is 23.5 Å². The van der Waals surface area contributed by atoms with E-state index < -0.39 is 0 Å². The van der Waals surface area contributed by atoms with Crippen LogP contribution in [0, 0.1) is 0 Å². The summed E-state index contributed by atoms with van der Waals surface area (Å²) < 4.78 is 10.9. The minimum atomic E-state index is 0.446. The zero-order valence-corrected chi connectivity index (χ0v) is 10.9. The topological polar surface area (TPSA) is 18.5 Å². The lowest BCUT2D eigenvalue weighted by molar-refractivity contribution is 0.191. The maximum atomic E-state index is 5.75. The lowest BCUT2D eigenvalue weighted by atomic mass is 10.2. The predicted molar refractivity (Wildman–Crippen MR) is 68.8 cm³/mol. The van der Waals surface area contributed by atoms with Crippen LogP contribution in [0.1, 0.15) is 18.9 Å². The molecule has 1 rings (SSSR count). The zero-order chi connectivity index (χ0) is 11.8. The van der Waals surface area contributed by atoms with Gasteiger partial charge in [-0.25, -0.2) is 0 Å². The van der Waals surface area contributed by atoms with Gasteiger partial charge < -0.3 is 9.16 Å². The Bertz CT molecular complexity index is 325. The summed E-state index contributed by atoms with van der Waals surface area (Å²) in [6, 6.07) is 7.96. The Balaban J connectivity index is 2.49. The van der Waals surface area contributed by atoms with Crippen molar-refractivity contribution in [3.8, 4) is 5.75 Å². The van der Waals surface area contributed by atoms with Crippen LogP contribution in [-0.2, 0) is 4.74 Å². The first-order valence-electron chi connectivity index (χ1n) is 5.44. The summed E-state index contributed by atoms with van der Waals surface area (Å²) in [5.74, 6) is 0.908.